The number of benzene rings is 1. The van der Waals surface area contributed by atoms with Crippen LogP contribution < -0.4 is 4.72 Å². The lowest BCUT2D eigenvalue weighted by Gasteiger charge is -2.11. The fraction of sp³-hybridized carbons (Fsp3) is 0.0769. The Morgan fingerprint density at radius 1 is 1.33 bits per heavy atom. The molecule has 2 aromatic rings. The maximum absolute atomic E-state index is 12.3. The molecule has 110 valence electrons. The van der Waals surface area contributed by atoms with Crippen LogP contribution in [0, 0.1) is 6.92 Å². The van der Waals surface area contributed by atoms with E-state index in [4.69, 9.17) is 5.11 Å². The van der Waals surface area contributed by atoms with Crippen molar-refractivity contribution in [1.82, 2.24) is 4.98 Å². The van der Waals surface area contributed by atoms with Gasteiger partial charge in [-0.1, -0.05) is 0 Å². The molecule has 0 atom stereocenters. The Bertz CT molecular complexity index is 806. The monoisotopic (exact) mass is 370 g/mol. The van der Waals surface area contributed by atoms with Gasteiger partial charge in [-0.05, 0) is 52.7 Å². The van der Waals surface area contributed by atoms with E-state index >= 15 is 0 Å². The summed E-state index contributed by atoms with van der Waals surface area (Å²) in [4.78, 5) is 14.7. The SMILES string of the molecule is Cc1cnccc1NS(=O)(=O)c1ccc(C(=O)O)cc1Br. The maximum atomic E-state index is 12.3. The average Bonchev–Trinajstić information content (AvgIpc) is 2.40. The minimum absolute atomic E-state index is 0.000849. The average molecular weight is 371 g/mol. The van der Waals surface area contributed by atoms with Crippen molar-refractivity contribution in [3.8, 4) is 0 Å². The zero-order valence-corrected chi connectivity index (χ0v) is 13.3. The lowest BCUT2D eigenvalue weighted by molar-refractivity contribution is 0.0696. The molecule has 1 heterocycles. The molecule has 0 saturated carbocycles. The fourth-order valence-corrected chi connectivity index (χ4v) is 3.85. The van der Waals surface area contributed by atoms with Gasteiger partial charge in [-0.25, -0.2) is 13.2 Å². The van der Waals surface area contributed by atoms with Gasteiger partial charge < -0.3 is 5.11 Å². The molecular weight excluding hydrogens is 360 g/mol. The van der Waals surface area contributed by atoms with E-state index in [-0.39, 0.29) is 14.9 Å². The summed E-state index contributed by atoms with van der Waals surface area (Å²) in [5, 5.41) is 8.88. The second-order valence-corrected chi connectivity index (χ2v) is 6.75. The van der Waals surface area contributed by atoms with E-state index in [1.807, 2.05) is 0 Å². The van der Waals surface area contributed by atoms with Gasteiger partial charge in [0.1, 0.15) is 4.90 Å². The molecule has 0 amide bonds. The number of hydrogen-bond acceptors (Lipinski definition) is 4. The van der Waals surface area contributed by atoms with Crippen molar-refractivity contribution in [1.29, 1.82) is 0 Å². The predicted molar refractivity (Wildman–Crippen MR) is 80.9 cm³/mol. The largest absolute Gasteiger partial charge is 0.478 e. The summed E-state index contributed by atoms with van der Waals surface area (Å²) in [6.07, 6.45) is 3.02. The van der Waals surface area contributed by atoms with Gasteiger partial charge in [-0.2, -0.15) is 0 Å². The second kappa shape index (κ2) is 5.82. The number of pyridine rings is 1. The highest BCUT2D eigenvalue weighted by atomic mass is 79.9. The van der Waals surface area contributed by atoms with Gasteiger partial charge in [-0.15, -0.1) is 0 Å². The molecule has 21 heavy (non-hydrogen) atoms. The van der Waals surface area contributed by atoms with Crippen LogP contribution in [-0.4, -0.2) is 24.5 Å². The first-order valence-electron chi connectivity index (χ1n) is 5.77. The molecule has 2 rings (SSSR count). The molecule has 0 bridgehead atoms. The molecule has 0 aliphatic carbocycles. The van der Waals surface area contributed by atoms with E-state index in [1.54, 1.807) is 19.2 Å². The molecule has 0 unspecified atom stereocenters. The van der Waals surface area contributed by atoms with Crippen LogP contribution in [-0.2, 0) is 10.0 Å². The predicted octanol–water partition coefficient (Wildman–Crippen LogP) is 2.65. The Balaban J connectivity index is 2.41. The van der Waals surface area contributed by atoms with E-state index in [0.29, 0.717) is 11.3 Å². The van der Waals surface area contributed by atoms with Crippen LogP contribution in [0.3, 0.4) is 0 Å². The van der Waals surface area contributed by atoms with E-state index < -0.39 is 16.0 Å². The van der Waals surface area contributed by atoms with Crippen LogP contribution in [0.2, 0.25) is 0 Å². The van der Waals surface area contributed by atoms with Crippen molar-refractivity contribution in [2.24, 2.45) is 0 Å². The van der Waals surface area contributed by atoms with Gasteiger partial charge in [0, 0.05) is 16.9 Å². The molecule has 0 saturated heterocycles. The molecule has 1 aromatic heterocycles. The molecule has 0 spiro atoms. The van der Waals surface area contributed by atoms with Gasteiger partial charge in [-0.3, -0.25) is 9.71 Å². The van der Waals surface area contributed by atoms with Crippen LogP contribution in [0.1, 0.15) is 15.9 Å². The number of carboxylic acid groups (broad SMARTS) is 1. The Kier molecular flexibility index (Phi) is 4.29. The van der Waals surface area contributed by atoms with Crippen LogP contribution in [0.5, 0.6) is 0 Å². The van der Waals surface area contributed by atoms with Crippen LogP contribution >= 0.6 is 15.9 Å². The topological polar surface area (TPSA) is 96.4 Å². The number of nitrogens with zero attached hydrogens (tertiary/aromatic N) is 1. The maximum Gasteiger partial charge on any atom is 0.335 e. The summed E-state index contributed by atoms with van der Waals surface area (Å²) in [7, 11) is -3.83. The summed E-state index contributed by atoms with van der Waals surface area (Å²) in [5.74, 6) is -1.13. The minimum atomic E-state index is -3.83. The van der Waals surface area contributed by atoms with E-state index in [2.05, 4.69) is 25.6 Å². The summed E-state index contributed by atoms with van der Waals surface area (Å²) in [6, 6.07) is 5.27. The Morgan fingerprint density at radius 2 is 2.05 bits per heavy atom. The number of anilines is 1. The van der Waals surface area contributed by atoms with Gasteiger partial charge in [0.25, 0.3) is 10.0 Å². The zero-order chi connectivity index (χ0) is 15.6. The number of hydrogen-bond donors (Lipinski definition) is 2. The molecule has 0 aliphatic rings. The van der Waals surface area contributed by atoms with Gasteiger partial charge in [0.2, 0.25) is 0 Å². The van der Waals surface area contributed by atoms with Crippen molar-refractivity contribution in [3.05, 3.63) is 52.3 Å². The third kappa shape index (κ3) is 3.40. The van der Waals surface area contributed by atoms with Gasteiger partial charge >= 0.3 is 5.97 Å². The second-order valence-electron chi connectivity index (χ2n) is 4.25. The molecule has 8 heteroatoms. The third-order valence-corrected chi connectivity index (χ3v) is 5.08. The summed E-state index contributed by atoms with van der Waals surface area (Å²) >= 11 is 3.09. The number of aryl methyl sites for hydroxylation is 1. The lowest BCUT2D eigenvalue weighted by Crippen LogP contribution is -2.15. The number of rotatable bonds is 4. The highest BCUT2D eigenvalue weighted by molar-refractivity contribution is 9.10. The normalized spacial score (nSPS) is 11.1. The van der Waals surface area contributed by atoms with Gasteiger partial charge in [0.05, 0.1) is 11.3 Å². The summed E-state index contributed by atoms with van der Waals surface area (Å²) in [5.41, 5.74) is 1.10. The lowest BCUT2D eigenvalue weighted by atomic mass is 10.2. The Hall–Kier alpha value is -1.93. The highest BCUT2D eigenvalue weighted by Gasteiger charge is 2.19. The number of aromatic nitrogens is 1. The number of halogens is 1. The first-order valence-corrected chi connectivity index (χ1v) is 8.05. The molecule has 0 fully saturated rings. The third-order valence-electron chi connectivity index (χ3n) is 2.73. The number of aromatic carboxylic acids is 1. The fourth-order valence-electron chi connectivity index (χ4n) is 1.64. The number of carbonyl (C=O) groups is 1. The van der Waals surface area contributed by atoms with Crippen LogP contribution in [0.4, 0.5) is 5.69 Å². The molecule has 6 nitrogen and oxygen atoms in total. The van der Waals surface area contributed by atoms with Crippen molar-refractivity contribution >= 4 is 37.6 Å². The molecular formula is C13H11BrN2O4S. The number of nitrogens with one attached hydrogen (secondary N) is 1. The van der Waals surface area contributed by atoms with Crippen molar-refractivity contribution in [3.63, 3.8) is 0 Å². The zero-order valence-electron chi connectivity index (χ0n) is 10.9. The van der Waals surface area contributed by atoms with E-state index in [9.17, 15) is 13.2 Å². The Labute approximate surface area is 130 Å². The summed E-state index contributed by atoms with van der Waals surface area (Å²) in [6.45, 7) is 1.73. The first-order chi connectivity index (χ1) is 9.81. The standard InChI is InChI=1S/C13H11BrN2O4S/c1-8-7-15-5-4-11(8)16-21(19,20)12-3-2-9(13(17)18)6-10(12)14/h2-7H,1H3,(H,15,16)(H,17,18). The van der Waals surface area contributed by atoms with E-state index in [0.717, 1.165) is 0 Å². The van der Waals surface area contributed by atoms with Crippen molar-refractivity contribution in [2.75, 3.05) is 4.72 Å². The minimum Gasteiger partial charge on any atom is -0.478 e. The quantitative estimate of drug-likeness (QED) is 0.862. The van der Waals surface area contributed by atoms with Crippen LogP contribution in [0.25, 0.3) is 0 Å². The van der Waals surface area contributed by atoms with Gasteiger partial charge in [0.15, 0.2) is 0 Å². The number of sulfonamides is 1. The smallest absolute Gasteiger partial charge is 0.335 e. The van der Waals surface area contributed by atoms with Crippen molar-refractivity contribution < 1.29 is 18.3 Å². The highest BCUT2D eigenvalue weighted by Crippen LogP contribution is 2.26. The molecule has 0 radical (unpaired) electrons. The van der Waals surface area contributed by atoms with Crippen molar-refractivity contribution in [2.45, 2.75) is 11.8 Å². The van der Waals surface area contributed by atoms with E-state index in [1.165, 1.54) is 24.4 Å². The summed E-state index contributed by atoms with van der Waals surface area (Å²) < 4.78 is 27.3. The first kappa shape index (κ1) is 15.5. The molecule has 0 aliphatic heterocycles. The number of carboxylic acids is 1. The molecule has 1 aromatic carbocycles. The Morgan fingerprint density at radius 3 is 2.62 bits per heavy atom. The van der Waals surface area contributed by atoms with Crippen LogP contribution in [0.15, 0.2) is 46.0 Å². The molecule has 2 N–H and O–H groups in total.